The Hall–Kier alpha value is -4.79. The fourth-order valence-electron chi connectivity index (χ4n) is 4.23. The number of hydrogen-bond donors (Lipinski definition) is 1. The van der Waals surface area contributed by atoms with E-state index in [0.29, 0.717) is 27.1 Å². The van der Waals surface area contributed by atoms with Gasteiger partial charge in [0.25, 0.3) is 0 Å². The minimum absolute atomic E-state index is 0.0506. The highest BCUT2D eigenvalue weighted by molar-refractivity contribution is 9.10. The molecule has 0 fully saturated rings. The van der Waals surface area contributed by atoms with E-state index in [1.165, 1.54) is 22.9 Å². The van der Waals surface area contributed by atoms with E-state index >= 15 is 4.39 Å². The first-order chi connectivity index (χ1) is 21.2. The van der Waals surface area contributed by atoms with Crippen LogP contribution in [-0.2, 0) is 4.74 Å². The molecule has 0 bridgehead atoms. The van der Waals surface area contributed by atoms with Crippen molar-refractivity contribution in [3.8, 4) is 34.6 Å². The lowest BCUT2D eigenvalue weighted by Crippen LogP contribution is -2.27. The second-order valence-electron chi connectivity index (χ2n) is 10.7. The molecule has 5 rings (SSSR count). The molecule has 234 valence electrons. The Labute approximate surface area is 262 Å². The van der Waals surface area contributed by atoms with Crippen molar-refractivity contribution in [2.75, 3.05) is 11.9 Å². The number of carbonyl (C=O) groups is 1. The second-order valence-corrected chi connectivity index (χ2v) is 11.5. The van der Waals surface area contributed by atoms with E-state index in [0.717, 1.165) is 12.4 Å². The van der Waals surface area contributed by atoms with Crippen LogP contribution >= 0.6 is 15.9 Å². The highest BCUT2D eigenvalue weighted by Gasteiger charge is 2.31. The largest absolute Gasteiger partial charge is 0.466 e. The summed E-state index contributed by atoms with van der Waals surface area (Å²) in [6, 6.07) is 12.1. The molecule has 0 aliphatic rings. The number of carbonyl (C=O) groups excluding carboxylic acids is 1. The third kappa shape index (κ3) is 7.48. The van der Waals surface area contributed by atoms with Gasteiger partial charge in [0.1, 0.15) is 23.0 Å². The molecule has 0 aliphatic heterocycles. The van der Waals surface area contributed by atoms with Crippen molar-refractivity contribution >= 4 is 38.7 Å². The van der Waals surface area contributed by atoms with E-state index in [2.05, 4.69) is 41.2 Å². The maximum absolute atomic E-state index is 15.5. The molecule has 10 nitrogen and oxygen atoms in total. The number of rotatable bonds is 7. The number of hydrogen-bond acceptors (Lipinski definition) is 8. The van der Waals surface area contributed by atoms with Gasteiger partial charge in [-0.05, 0) is 79.5 Å². The van der Waals surface area contributed by atoms with E-state index in [1.54, 1.807) is 58.0 Å². The normalized spacial score (nSPS) is 11.8. The smallest absolute Gasteiger partial charge is 0.422 e. The number of ether oxygens (including phenoxy) is 3. The monoisotopic (exact) mass is 688 g/mol. The summed E-state index contributed by atoms with van der Waals surface area (Å²) in [4.78, 5) is 28.6. The first-order valence-electron chi connectivity index (χ1n) is 13.3. The molecule has 2 aromatic carbocycles. The van der Waals surface area contributed by atoms with Crippen molar-refractivity contribution in [2.45, 2.75) is 39.5 Å². The number of aromatic nitrogens is 5. The van der Waals surface area contributed by atoms with Gasteiger partial charge in [0, 0.05) is 29.3 Å². The minimum atomic E-state index is -4.64. The van der Waals surface area contributed by atoms with Crippen LogP contribution in [0.1, 0.15) is 26.5 Å². The predicted octanol–water partition coefficient (Wildman–Crippen LogP) is 8.17. The van der Waals surface area contributed by atoms with E-state index in [9.17, 15) is 18.0 Å². The van der Waals surface area contributed by atoms with Gasteiger partial charge in [0.2, 0.25) is 5.88 Å². The molecule has 0 unspecified atom stereocenters. The maximum Gasteiger partial charge on any atom is 0.422 e. The van der Waals surface area contributed by atoms with Crippen LogP contribution in [0.3, 0.4) is 0 Å². The van der Waals surface area contributed by atoms with Gasteiger partial charge in [-0.2, -0.15) is 18.2 Å². The Bertz CT molecular complexity index is 1870. The number of aryl methyl sites for hydroxylation is 1. The number of anilines is 1. The number of nitrogens with zero attached hydrogens (tertiary/aromatic N) is 5. The lowest BCUT2D eigenvalue weighted by Gasteiger charge is -2.19. The lowest BCUT2D eigenvalue weighted by molar-refractivity contribution is -0.153. The summed E-state index contributed by atoms with van der Waals surface area (Å²) in [5.74, 6) is -1.35. The minimum Gasteiger partial charge on any atom is -0.466 e. The zero-order chi connectivity index (χ0) is 32.5. The fraction of sp³-hybridized carbons (Fsp3) is 0.233. The first-order valence-corrected chi connectivity index (χ1v) is 14.1. The van der Waals surface area contributed by atoms with Crippen LogP contribution in [0, 0.1) is 12.7 Å². The van der Waals surface area contributed by atoms with Crippen LogP contribution < -0.4 is 14.8 Å². The van der Waals surface area contributed by atoms with Crippen LogP contribution in [-0.4, -0.2) is 49.0 Å². The molecule has 0 aliphatic carbocycles. The quantitative estimate of drug-likeness (QED) is 0.170. The van der Waals surface area contributed by atoms with Crippen LogP contribution in [0.5, 0.6) is 17.6 Å². The number of benzene rings is 2. The van der Waals surface area contributed by atoms with Gasteiger partial charge in [-0.3, -0.25) is 5.32 Å². The van der Waals surface area contributed by atoms with Gasteiger partial charge in [0.05, 0.1) is 10.2 Å². The Morgan fingerprint density at radius 2 is 1.76 bits per heavy atom. The zero-order valence-electron chi connectivity index (χ0n) is 24.2. The van der Waals surface area contributed by atoms with Crippen molar-refractivity contribution in [2.24, 2.45) is 0 Å². The summed E-state index contributed by atoms with van der Waals surface area (Å²) in [6.45, 7) is 5.32. The Balaban J connectivity index is 1.61. The van der Waals surface area contributed by atoms with Crippen LogP contribution in [0.15, 0.2) is 65.5 Å². The highest BCUT2D eigenvalue weighted by Crippen LogP contribution is 2.42. The standard InChI is InChI=1S/C30H25BrF4N6O4/c1-16-11-12-36-27(39-16)44-21-10-9-19(13-20(21)32)41-24(17-5-7-18(8-6-17)40-28(42)45-29(2,3)4)22(31)23-25(41)26(38-15-37-23)43-14-30(33,34)35/h5-13,15H,14H2,1-4H3,(H,40,42). The Morgan fingerprint density at radius 1 is 1.02 bits per heavy atom. The topological polar surface area (TPSA) is 113 Å². The van der Waals surface area contributed by atoms with E-state index in [1.807, 2.05) is 0 Å². The molecule has 3 heterocycles. The van der Waals surface area contributed by atoms with Gasteiger partial charge in [-0.15, -0.1) is 0 Å². The predicted molar refractivity (Wildman–Crippen MR) is 160 cm³/mol. The van der Waals surface area contributed by atoms with Gasteiger partial charge >= 0.3 is 18.3 Å². The van der Waals surface area contributed by atoms with Crippen molar-refractivity contribution < 1.29 is 36.6 Å². The van der Waals surface area contributed by atoms with E-state index in [-0.39, 0.29) is 34.4 Å². The Morgan fingerprint density at radius 3 is 2.40 bits per heavy atom. The second kappa shape index (κ2) is 12.3. The molecular weight excluding hydrogens is 664 g/mol. The van der Waals surface area contributed by atoms with Crippen molar-refractivity contribution in [3.05, 3.63) is 77.0 Å². The van der Waals surface area contributed by atoms with E-state index < -0.39 is 30.3 Å². The first kappa shape index (κ1) is 31.6. The molecule has 0 radical (unpaired) electrons. The third-order valence-electron chi connectivity index (χ3n) is 5.98. The summed E-state index contributed by atoms with van der Waals surface area (Å²) in [6.07, 6.45) is -2.76. The zero-order valence-corrected chi connectivity index (χ0v) is 25.8. The number of fused-ring (bicyclic) bond motifs is 1. The van der Waals surface area contributed by atoms with Crippen molar-refractivity contribution in [3.63, 3.8) is 0 Å². The number of nitrogens with one attached hydrogen (secondary N) is 1. The van der Waals surface area contributed by atoms with Crippen LogP contribution in [0.2, 0.25) is 0 Å². The average molecular weight is 689 g/mol. The maximum atomic E-state index is 15.5. The summed E-state index contributed by atoms with van der Waals surface area (Å²) in [7, 11) is 0. The van der Waals surface area contributed by atoms with E-state index in [4.69, 9.17) is 14.2 Å². The molecule has 0 atom stereocenters. The molecule has 1 N–H and O–H groups in total. The lowest BCUT2D eigenvalue weighted by atomic mass is 10.1. The SMILES string of the molecule is Cc1ccnc(Oc2ccc(-n3c(-c4ccc(NC(=O)OC(C)(C)C)cc4)c(Br)c4ncnc(OCC(F)(F)F)c43)cc2F)n1. The molecule has 0 saturated carbocycles. The number of alkyl halides is 3. The molecule has 3 aromatic heterocycles. The summed E-state index contributed by atoms with van der Waals surface area (Å²) >= 11 is 3.52. The Kier molecular flexibility index (Phi) is 8.65. The highest BCUT2D eigenvalue weighted by atomic mass is 79.9. The molecular formula is C30H25BrF4N6O4. The molecule has 0 saturated heterocycles. The summed E-state index contributed by atoms with van der Waals surface area (Å²) < 4.78 is 72.7. The van der Waals surface area contributed by atoms with Gasteiger partial charge in [-0.25, -0.2) is 24.1 Å². The fourth-order valence-corrected chi connectivity index (χ4v) is 4.93. The van der Waals surface area contributed by atoms with Crippen molar-refractivity contribution in [1.29, 1.82) is 0 Å². The van der Waals surface area contributed by atoms with Crippen LogP contribution in [0.4, 0.5) is 28.0 Å². The van der Waals surface area contributed by atoms with Gasteiger partial charge < -0.3 is 18.8 Å². The molecule has 1 amide bonds. The molecule has 0 spiro atoms. The third-order valence-corrected chi connectivity index (χ3v) is 6.73. The summed E-state index contributed by atoms with van der Waals surface area (Å²) in [5, 5.41) is 2.64. The van der Waals surface area contributed by atoms with Gasteiger partial charge in [-0.1, -0.05) is 12.1 Å². The van der Waals surface area contributed by atoms with Crippen LogP contribution in [0.25, 0.3) is 28.0 Å². The molecule has 5 aromatic rings. The molecule has 15 heteroatoms. The molecule has 45 heavy (non-hydrogen) atoms. The summed E-state index contributed by atoms with van der Waals surface area (Å²) in [5.41, 5.74) is 1.71. The number of halogens is 5. The average Bonchev–Trinajstić information content (AvgIpc) is 3.25. The van der Waals surface area contributed by atoms with Crippen molar-refractivity contribution in [1.82, 2.24) is 24.5 Å². The number of amides is 1. The van der Waals surface area contributed by atoms with Gasteiger partial charge in [0.15, 0.2) is 18.2 Å².